The second-order valence-electron chi connectivity index (χ2n) is 8.60. The molecular weight excluding hydrogens is 412 g/mol. The molecule has 0 unspecified atom stereocenters. The normalized spacial score (nSPS) is 15.6. The van der Waals surface area contributed by atoms with Crippen LogP contribution in [0.5, 0.6) is 0 Å². The predicted octanol–water partition coefficient (Wildman–Crippen LogP) is 3.12. The molecule has 0 radical (unpaired) electrons. The van der Waals surface area contributed by atoms with Crippen molar-refractivity contribution >= 4 is 21.7 Å². The van der Waals surface area contributed by atoms with E-state index in [0.29, 0.717) is 36.7 Å². The number of aryl methyl sites for hydroxylation is 1. The van der Waals surface area contributed by atoms with E-state index in [1.54, 1.807) is 23.5 Å². The number of nitrogens with zero attached hydrogens (tertiary/aromatic N) is 3. The number of amides is 1. The Morgan fingerprint density at radius 2 is 1.87 bits per heavy atom. The number of sulfonamides is 1. The van der Waals surface area contributed by atoms with E-state index in [0.717, 1.165) is 29.8 Å². The van der Waals surface area contributed by atoms with Crippen LogP contribution in [0, 0.1) is 19.8 Å². The van der Waals surface area contributed by atoms with E-state index < -0.39 is 10.0 Å². The minimum Gasteiger partial charge on any atom is -0.363 e. The van der Waals surface area contributed by atoms with Crippen LogP contribution in [0.15, 0.2) is 35.4 Å². The van der Waals surface area contributed by atoms with E-state index in [4.69, 9.17) is 0 Å². The number of pyridine rings is 1. The Balaban J connectivity index is 1.81. The summed E-state index contributed by atoms with van der Waals surface area (Å²) in [5, 5.41) is 2.90. The third-order valence-electron chi connectivity index (χ3n) is 5.96. The molecule has 1 N–H and O–H groups in total. The molecule has 2 heterocycles. The number of hydrogen-bond acceptors (Lipinski definition) is 5. The van der Waals surface area contributed by atoms with Crippen molar-refractivity contribution in [2.75, 3.05) is 32.1 Å². The minimum atomic E-state index is -3.64. The lowest BCUT2D eigenvalue weighted by molar-refractivity contribution is 0.0950. The molecule has 0 spiro atoms. The van der Waals surface area contributed by atoms with Gasteiger partial charge < -0.3 is 10.2 Å². The molecule has 31 heavy (non-hydrogen) atoms. The number of carbonyl (C=O) groups is 1. The van der Waals surface area contributed by atoms with Gasteiger partial charge >= 0.3 is 0 Å². The number of carbonyl (C=O) groups excluding carboxylic acids is 1. The van der Waals surface area contributed by atoms with Crippen LogP contribution in [0.1, 0.15) is 46.8 Å². The summed E-state index contributed by atoms with van der Waals surface area (Å²) in [6.07, 6.45) is 3.42. The molecular formula is C23H32N4O3S. The van der Waals surface area contributed by atoms with Gasteiger partial charge in [0.2, 0.25) is 10.0 Å². The van der Waals surface area contributed by atoms with E-state index in [-0.39, 0.29) is 10.8 Å². The van der Waals surface area contributed by atoms with Gasteiger partial charge in [-0.15, -0.1) is 0 Å². The average molecular weight is 445 g/mol. The highest BCUT2D eigenvalue weighted by Gasteiger charge is 2.30. The Labute approximate surface area is 185 Å². The Hall–Kier alpha value is -2.45. The van der Waals surface area contributed by atoms with Crippen molar-refractivity contribution < 1.29 is 13.2 Å². The Kier molecular flexibility index (Phi) is 7.01. The SMILES string of the molecule is Cc1cc(C(=O)NCc2ccnc(N(C)C)c2)cc(S(=O)(=O)N2CCC(C)CC2)c1C. The molecule has 1 saturated heterocycles. The number of nitrogens with one attached hydrogen (secondary N) is 1. The molecule has 1 fully saturated rings. The topological polar surface area (TPSA) is 82.6 Å². The molecule has 8 heteroatoms. The fraction of sp³-hybridized carbons (Fsp3) is 0.478. The number of anilines is 1. The monoisotopic (exact) mass is 444 g/mol. The second-order valence-corrected chi connectivity index (χ2v) is 10.5. The summed E-state index contributed by atoms with van der Waals surface area (Å²) in [7, 11) is 0.178. The maximum Gasteiger partial charge on any atom is 0.251 e. The molecule has 2 aromatic rings. The van der Waals surface area contributed by atoms with Crippen molar-refractivity contribution in [3.05, 3.63) is 52.7 Å². The van der Waals surface area contributed by atoms with Gasteiger partial charge in [-0.05, 0) is 73.6 Å². The maximum atomic E-state index is 13.3. The minimum absolute atomic E-state index is 0.228. The van der Waals surface area contributed by atoms with Crippen molar-refractivity contribution in [1.82, 2.24) is 14.6 Å². The standard InChI is InChI=1S/C23H32N4O3S/c1-16-7-10-27(11-8-16)31(29,30)21-14-20(12-17(2)18(21)3)23(28)25-15-19-6-9-24-22(13-19)26(4)5/h6,9,12-14,16H,7-8,10-11,15H2,1-5H3,(H,25,28). The summed E-state index contributed by atoms with van der Waals surface area (Å²) >= 11 is 0. The van der Waals surface area contributed by atoms with Gasteiger partial charge in [0.05, 0.1) is 4.90 Å². The van der Waals surface area contributed by atoms with E-state index >= 15 is 0 Å². The lowest BCUT2D eigenvalue weighted by atomic mass is 10.0. The maximum absolute atomic E-state index is 13.3. The number of hydrogen-bond donors (Lipinski definition) is 1. The third kappa shape index (κ3) is 5.25. The van der Waals surface area contributed by atoms with Crippen LogP contribution < -0.4 is 10.2 Å². The van der Waals surface area contributed by atoms with Gasteiger partial charge in [0.15, 0.2) is 0 Å². The van der Waals surface area contributed by atoms with Crippen molar-refractivity contribution in [2.24, 2.45) is 5.92 Å². The number of piperidine rings is 1. The summed E-state index contributed by atoms with van der Waals surface area (Å²) in [6.45, 7) is 7.17. The smallest absolute Gasteiger partial charge is 0.251 e. The highest BCUT2D eigenvalue weighted by molar-refractivity contribution is 7.89. The molecule has 1 aromatic heterocycles. The van der Waals surface area contributed by atoms with Crippen LogP contribution in [0.2, 0.25) is 0 Å². The average Bonchev–Trinajstić information content (AvgIpc) is 2.74. The van der Waals surface area contributed by atoms with Gasteiger partial charge in [0.25, 0.3) is 5.91 Å². The van der Waals surface area contributed by atoms with Crippen LogP contribution in [0.4, 0.5) is 5.82 Å². The third-order valence-corrected chi connectivity index (χ3v) is 7.99. The van der Waals surface area contributed by atoms with Gasteiger partial charge in [-0.1, -0.05) is 6.92 Å². The molecule has 0 atom stereocenters. The van der Waals surface area contributed by atoms with E-state index in [2.05, 4.69) is 17.2 Å². The van der Waals surface area contributed by atoms with Crippen LogP contribution in [-0.2, 0) is 16.6 Å². The molecule has 1 amide bonds. The fourth-order valence-electron chi connectivity index (χ4n) is 3.69. The van der Waals surface area contributed by atoms with Crippen LogP contribution in [0.25, 0.3) is 0 Å². The Morgan fingerprint density at radius 1 is 1.19 bits per heavy atom. The highest BCUT2D eigenvalue weighted by atomic mass is 32.2. The van der Waals surface area contributed by atoms with Crippen LogP contribution in [-0.4, -0.2) is 50.8 Å². The molecule has 0 bridgehead atoms. The molecule has 1 aliphatic heterocycles. The van der Waals surface area contributed by atoms with E-state index in [1.807, 2.05) is 38.1 Å². The first kappa shape index (κ1) is 23.2. The van der Waals surface area contributed by atoms with Crippen LogP contribution >= 0.6 is 0 Å². The first-order valence-electron chi connectivity index (χ1n) is 10.6. The number of aromatic nitrogens is 1. The first-order valence-corrected chi connectivity index (χ1v) is 12.1. The van der Waals surface area contributed by atoms with Crippen LogP contribution in [0.3, 0.4) is 0 Å². The van der Waals surface area contributed by atoms with Crippen molar-refractivity contribution in [3.8, 4) is 0 Å². The molecule has 1 aromatic carbocycles. The molecule has 0 saturated carbocycles. The second kappa shape index (κ2) is 9.36. The van der Waals surface area contributed by atoms with Crippen molar-refractivity contribution in [1.29, 1.82) is 0 Å². The van der Waals surface area contributed by atoms with E-state index in [1.165, 1.54) is 6.07 Å². The Bertz CT molecular complexity index is 1060. The van der Waals surface area contributed by atoms with Gasteiger partial charge in [-0.2, -0.15) is 4.31 Å². The lowest BCUT2D eigenvalue weighted by Crippen LogP contribution is -2.38. The summed E-state index contributed by atoms with van der Waals surface area (Å²) < 4.78 is 28.2. The van der Waals surface area contributed by atoms with Crippen molar-refractivity contribution in [2.45, 2.75) is 45.1 Å². The summed E-state index contributed by atoms with van der Waals surface area (Å²) in [6, 6.07) is 7.03. The Morgan fingerprint density at radius 3 is 2.52 bits per heavy atom. The van der Waals surface area contributed by atoms with Gasteiger partial charge in [0, 0.05) is 45.5 Å². The van der Waals surface area contributed by atoms with Gasteiger partial charge in [-0.25, -0.2) is 13.4 Å². The predicted molar refractivity (Wildman–Crippen MR) is 123 cm³/mol. The summed E-state index contributed by atoms with van der Waals surface area (Å²) in [4.78, 5) is 19.3. The quantitative estimate of drug-likeness (QED) is 0.740. The van der Waals surface area contributed by atoms with Gasteiger partial charge in [-0.3, -0.25) is 4.79 Å². The lowest BCUT2D eigenvalue weighted by Gasteiger charge is -2.30. The first-order chi connectivity index (χ1) is 14.6. The van der Waals surface area contributed by atoms with Gasteiger partial charge in [0.1, 0.15) is 5.82 Å². The number of rotatable bonds is 6. The summed E-state index contributed by atoms with van der Waals surface area (Å²) in [5.74, 6) is 1.05. The molecule has 0 aliphatic carbocycles. The largest absolute Gasteiger partial charge is 0.363 e. The van der Waals surface area contributed by atoms with E-state index in [9.17, 15) is 13.2 Å². The highest BCUT2D eigenvalue weighted by Crippen LogP contribution is 2.28. The molecule has 1 aliphatic rings. The molecule has 168 valence electrons. The zero-order valence-electron chi connectivity index (χ0n) is 19.0. The molecule has 7 nitrogen and oxygen atoms in total. The fourth-order valence-corrected chi connectivity index (χ4v) is 5.48. The number of benzene rings is 1. The van der Waals surface area contributed by atoms with Crippen molar-refractivity contribution in [3.63, 3.8) is 0 Å². The zero-order chi connectivity index (χ0) is 22.8. The zero-order valence-corrected chi connectivity index (χ0v) is 19.8. The summed E-state index contributed by atoms with van der Waals surface area (Å²) in [5.41, 5.74) is 2.76. The molecule has 3 rings (SSSR count).